The Kier molecular flexibility index (Phi) is 3.69. The van der Waals surface area contributed by atoms with Crippen molar-refractivity contribution in [3.8, 4) is 0 Å². The molecule has 1 aromatic carbocycles. The van der Waals surface area contributed by atoms with Crippen molar-refractivity contribution >= 4 is 21.2 Å². The van der Waals surface area contributed by atoms with Crippen LogP contribution in [0.2, 0.25) is 0 Å². The molecule has 0 atom stereocenters. The van der Waals surface area contributed by atoms with Gasteiger partial charge >= 0.3 is 0 Å². The quantitative estimate of drug-likeness (QED) is 0.791. The first-order valence-electron chi connectivity index (χ1n) is 4.43. The van der Waals surface area contributed by atoms with Crippen molar-refractivity contribution < 1.29 is 17.2 Å². The fourth-order valence-electron chi connectivity index (χ4n) is 1.21. The highest BCUT2D eigenvalue weighted by Crippen LogP contribution is 2.26. The maximum Gasteiger partial charge on any atom is 0.255 e. The van der Waals surface area contributed by atoms with Gasteiger partial charge < -0.3 is 11.1 Å². The first kappa shape index (κ1) is 12.7. The number of anilines is 2. The van der Waals surface area contributed by atoms with E-state index in [2.05, 4.69) is 5.32 Å². The van der Waals surface area contributed by atoms with E-state index in [1.54, 1.807) is 0 Å². The molecule has 3 N–H and O–H groups in total. The van der Waals surface area contributed by atoms with Crippen LogP contribution in [-0.4, -0.2) is 27.6 Å². The van der Waals surface area contributed by atoms with Crippen molar-refractivity contribution in [1.29, 1.82) is 0 Å². The third-order valence-corrected chi connectivity index (χ3v) is 3.07. The maximum absolute atomic E-state index is 12.0. The summed E-state index contributed by atoms with van der Waals surface area (Å²) >= 11 is 0. The summed E-state index contributed by atoms with van der Waals surface area (Å²) in [6.45, 7) is -0.572. The Morgan fingerprint density at radius 2 is 2.06 bits per heavy atom. The number of nitrogens with two attached hydrogens (primary N) is 1. The van der Waals surface area contributed by atoms with Gasteiger partial charge in [0.25, 0.3) is 6.43 Å². The first-order chi connectivity index (χ1) is 7.32. The fraction of sp³-hybridized carbons (Fsp3) is 0.333. The van der Waals surface area contributed by atoms with E-state index < -0.39 is 22.8 Å². The third-order valence-electron chi connectivity index (χ3n) is 1.91. The van der Waals surface area contributed by atoms with E-state index in [1.165, 1.54) is 18.2 Å². The second kappa shape index (κ2) is 4.65. The highest BCUT2D eigenvalue weighted by atomic mass is 32.2. The summed E-state index contributed by atoms with van der Waals surface area (Å²) in [5.41, 5.74) is 5.73. The molecule has 0 fully saturated rings. The Hall–Kier alpha value is -1.37. The molecule has 0 heterocycles. The zero-order valence-electron chi connectivity index (χ0n) is 8.57. The molecule has 0 unspecified atom stereocenters. The SMILES string of the molecule is CS(=O)(=O)c1cccc(NCC(F)F)c1N. The van der Waals surface area contributed by atoms with Gasteiger partial charge in [0, 0.05) is 6.26 Å². The molecule has 1 rings (SSSR count). The summed E-state index contributed by atoms with van der Waals surface area (Å²) in [5.74, 6) is 0. The van der Waals surface area contributed by atoms with E-state index in [0.29, 0.717) is 0 Å². The predicted octanol–water partition coefficient (Wildman–Crippen LogP) is 1.35. The molecule has 0 bridgehead atoms. The number of hydrogen-bond acceptors (Lipinski definition) is 4. The lowest BCUT2D eigenvalue weighted by Crippen LogP contribution is -2.13. The lowest BCUT2D eigenvalue weighted by atomic mass is 10.2. The maximum atomic E-state index is 12.0. The van der Waals surface area contributed by atoms with Crippen LogP contribution in [0.3, 0.4) is 0 Å². The number of alkyl halides is 2. The molecule has 0 aliphatic heterocycles. The largest absolute Gasteiger partial charge is 0.396 e. The van der Waals surface area contributed by atoms with Gasteiger partial charge in [-0.2, -0.15) is 0 Å². The highest BCUT2D eigenvalue weighted by molar-refractivity contribution is 7.90. The number of benzene rings is 1. The molecule has 1 aromatic rings. The second-order valence-corrected chi connectivity index (χ2v) is 5.25. The number of hydrogen-bond donors (Lipinski definition) is 2. The van der Waals surface area contributed by atoms with Crippen molar-refractivity contribution in [3.05, 3.63) is 18.2 Å². The number of para-hydroxylation sites is 1. The van der Waals surface area contributed by atoms with E-state index in [0.717, 1.165) is 6.26 Å². The summed E-state index contributed by atoms with van der Waals surface area (Å²) in [6, 6.07) is 4.23. The van der Waals surface area contributed by atoms with Gasteiger partial charge in [0.2, 0.25) is 0 Å². The van der Waals surface area contributed by atoms with E-state index >= 15 is 0 Å². The van der Waals surface area contributed by atoms with Crippen LogP contribution < -0.4 is 11.1 Å². The number of rotatable bonds is 4. The molecule has 0 saturated carbocycles. The van der Waals surface area contributed by atoms with Crippen LogP contribution in [0.1, 0.15) is 0 Å². The standard InChI is InChI=1S/C9H12F2N2O2S/c1-16(14,15)7-4-2-3-6(9(7)12)13-5-8(10)11/h2-4,8,13H,5,12H2,1H3. The summed E-state index contributed by atoms with van der Waals surface area (Å²) < 4.78 is 46.5. The summed E-state index contributed by atoms with van der Waals surface area (Å²) in [5, 5.41) is 2.39. The lowest BCUT2D eigenvalue weighted by molar-refractivity contribution is 0.163. The molecule has 0 spiro atoms. The Labute approximate surface area is 92.4 Å². The van der Waals surface area contributed by atoms with Gasteiger partial charge in [0.15, 0.2) is 9.84 Å². The molecule has 90 valence electrons. The van der Waals surface area contributed by atoms with Gasteiger partial charge in [-0.05, 0) is 12.1 Å². The van der Waals surface area contributed by atoms with Crippen LogP contribution >= 0.6 is 0 Å². The minimum absolute atomic E-state index is 0.0364. The Morgan fingerprint density at radius 1 is 1.44 bits per heavy atom. The lowest BCUT2D eigenvalue weighted by Gasteiger charge is -2.11. The fourth-order valence-corrected chi connectivity index (χ4v) is 2.04. The first-order valence-corrected chi connectivity index (χ1v) is 6.32. The van der Waals surface area contributed by atoms with Crippen molar-refractivity contribution in [3.63, 3.8) is 0 Å². The van der Waals surface area contributed by atoms with Crippen LogP contribution in [0.5, 0.6) is 0 Å². The molecule has 0 aliphatic carbocycles. The van der Waals surface area contributed by atoms with E-state index in [9.17, 15) is 17.2 Å². The van der Waals surface area contributed by atoms with Crippen LogP contribution in [0.25, 0.3) is 0 Å². The van der Waals surface area contributed by atoms with E-state index in [4.69, 9.17) is 5.73 Å². The number of halogens is 2. The van der Waals surface area contributed by atoms with Crippen molar-refractivity contribution in [2.45, 2.75) is 11.3 Å². The zero-order chi connectivity index (χ0) is 12.3. The van der Waals surface area contributed by atoms with Gasteiger partial charge in [-0.25, -0.2) is 17.2 Å². The predicted molar refractivity (Wildman–Crippen MR) is 58.5 cm³/mol. The zero-order valence-corrected chi connectivity index (χ0v) is 9.39. The third kappa shape index (κ3) is 3.06. The van der Waals surface area contributed by atoms with Crippen LogP contribution in [0.4, 0.5) is 20.2 Å². The Balaban J connectivity index is 3.05. The number of sulfone groups is 1. The number of nitrogen functional groups attached to an aromatic ring is 1. The molecule has 0 saturated heterocycles. The van der Waals surface area contributed by atoms with Crippen LogP contribution in [0.15, 0.2) is 23.1 Å². The normalized spacial score (nSPS) is 11.8. The minimum atomic E-state index is -3.45. The van der Waals surface area contributed by atoms with Crippen LogP contribution in [-0.2, 0) is 9.84 Å². The average molecular weight is 250 g/mol. The van der Waals surface area contributed by atoms with Gasteiger partial charge in [-0.1, -0.05) is 6.07 Å². The summed E-state index contributed by atoms with van der Waals surface area (Å²) in [6.07, 6.45) is -1.52. The molecule has 0 aromatic heterocycles. The van der Waals surface area contributed by atoms with Gasteiger partial charge in [-0.3, -0.25) is 0 Å². The monoisotopic (exact) mass is 250 g/mol. The molecule has 7 heteroatoms. The highest BCUT2D eigenvalue weighted by Gasteiger charge is 2.14. The van der Waals surface area contributed by atoms with Gasteiger partial charge in [-0.15, -0.1) is 0 Å². The van der Waals surface area contributed by atoms with E-state index in [1.807, 2.05) is 0 Å². The van der Waals surface area contributed by atoms with Gasteiger partial charge in [0.05, 0.1) is 22.8 Å². The van der Waals surface area contributed by atoms with Crippen LogP contribution in [0, 0.1) is 0 Å². The number of nitrogens with one attached hydrogen (secondary N) is 1. The smallest absolute Gasteiger partial charge is 0.255 e. The van der Waals surface area contributed by atoms with Crippen molar-refractivity contribution in [1.82, 2.24) is 0 Å². The summed E-state index contributed by atoms with van der Waals surface area (Å²) in [7, 11) is -3.45. The topological polar surface area (TPSA) is 72.2 Å². The molecule has 16 heavy (non-hydrogen) atoms. The minimum Gasteiger partial charge on any atom is -0.396 e. The molecule has 0 aliphatic rings. The molecular formula is C9H12F2N2O2S. The Morgan fingerprint density at radius 3 is 2.56 bits per heavy atom. The van der Waals surface area contributed by atoms with E-state index in [-0.39, 0.29) is 16.3 Å². The van der Waals surface area contributed by atoms with Gasteiger partial charge in [0.1, 0.15) is 0 Å². The molecule has 0 radical (unpaired) electrons. The van der Waals surface area contributed by atoms with Crippen molar-refractivity contribution in [2.24, 2.45) is 0 Å². The Bertz CT molecular complexity index is 474. The van der Waals surface area contributed by atoms with Crippen molar-refractivity contribution in [2.75, 3.05) is 23.9 Å². The molecule has 0 amide bonds. The average Bonchev–Trinajstić information content (AvgIpc) is 2.14. The molecule has 4 nitrogen and oxygen atoms in total. The summed E-state index contributed by atoms with van der Waals surface area (Å²) in [4.78, 5) is -0.0632. The second-order valence-electron chi connectivity index (χ2n) is 3.26. The molecular weight excluding hydrogens is 238 g/mol.